The summed E-state index contributed by atoms with van der Waals surface area (Å²) in [5.41, 5.74) is 1.27. The standard InChI is InChI=1S/C31H25BrFN3O6/c1-17-22(32)16-36(20-8-5-18(33)6-9-20)31(38)29(17)30(37)35-19-7-10-25(26(13-19)39-2)42-24-11-12-34-23-15-28(41-4)27(40-3)14-21(23)24/h5-16H,1-4H3,(H,35,37). The van der Waals surface area contributed by atoms with E-state index in [1.54, 1.807) is 69.9 Å². The van der Waals surface area contributed by atoms with Crippen LogP contribution in [0.2, 0.25) is 0 Å². The molecule has 0 atom stereocenters. The first kappa shape index (κ1) is 28.6. The molecule has 0 aliphatic heterocycles. The van der Waals surface area contributed by atoms with Gasteiger partial charge in [-0.3, -0.25) is 19.1 Å². The Labute approximate surface area is 248 Å². The lowest BCUT2D eigenvalue weighted by atomic mass is 10.1. The number of halogens is 2. The number of hydrogen-bond acceptors (Lipinski definition) is 7. The molecule has 3 aromatic carbocycles. The number of ether oxygens (including phenoxy) is 4. The van der Waals surface area contributed by atoms with Crippen molar-refractivity contribution < 1.29 is 28.1 Å². The number of fused-ring (bicyclic) bond motifs is 1. The Morgan fingerprint density at radius 3 is 2.24 bits per heavy atom. The molecule has 0 unspecified atom stereocenters. The van der Waals surface area contributed by atoms with Crippen molar-refractivity contribution in [2.24, 2.45) is 0 Å². The number of methoxy groups -OCH3 is 3. The van der Waals surface area contributed by atoms with Gasteiger partial charge in [0, 0.05) is 45.8 Å². The number of rotatable bonds is 8. The Kier molecular flexibility index (Phi) is 8.12. The van der Waals surface area contributed by atoms with E-state index in [4.69, 9.17) is 18.9 Å². The third-order valence-corrected chi connectivity index (χ3v) is 7.39. The van der Waals surface area contributed by atoms with Crippen molar-refractivity contribution in [3.63, 3.8) is 0 Å². The summed E-state index contributed by atoms with van der Waals surface area (Å²) < 4.78 is 37.8. The molecular weight excluding hydrogens is 609 g/mol. The number of benzene rings is 3. The predicted molar refractivity (Wildman–Crippen MR) is 160 cm³/mol. The average molecular weight is 634 g/mol. The van der Waals surface area contributed by atoms with Crippen LogP contribution >= 0.6 is 15.9 Å². The molecule has 42 heavy (non-hydrogen) atoms. The summed E-state index contributed by atoms with van der Waals surface area (Å²) in [6.45, 7) is 1.66. The third-order valence-electron chi connectivity index (χ3n) is 6.59. The van der Waals surface area contributed by atoms with Crippen molar-refractivity contribution in [3.05, 3.63) is 105 Å². The summed E-state index contributed by atoms with van der Waals surface area (Å²) >= 11 is 3.42. The molecule has 0 aliphatic rings. The van der Waals surface area contributed by atoms with Gasteiger partial charge in [-0.2, -0.15) is 0 Å². The summed E-state index contributed by atoms with van der Waals surface area (Å²) in [5, 5.41) is 3.46. The Morgan fingerprint density at radius 2 is 1.55 bits per heavy atom. The van der Waals surface area contributed by atoms with Crippen LogP contribution in [0.5, 0.6) is 28.7 Å². The zero-order chi connectivity index (χ0) is 30.0. The zero-order valence-corrected chi connectivity index (χ0v) is 24.6. The summed E-state index contributed by atoms with van der Waals surface area (Å²) in [6, 6.07) is 15.5. The van der Waals surface area contributed by atoms with Crippen LogP contribution < -0.4 is 29.8 Å². The first-order valence-corrected chi connectivity index (χ1v) is 13.4. The first-order valence-electron chi connectivity index (χ1n) is 12.6. The van der Waals surface area contributed by atoms with Gasteiger partial charge < -0.3 is 24.3 Å². The van der Waals surface area contributed by atoms with Gasteiger partial charge in [-0.15, -0.1) is 0 Å². The van der Waals surface area contributed by atoms with Gasteiger partial charge >= 0.3 is 0 Å². The molecule has 5 aromatic rings. The molecule has 0 fully saturated rings. The Hall–Kier alpha value is -4.90. The fraction of sp³-hybridized carbons (Fsp3) is 0.129. The summed E-state index contributed by atoms with van der Waals surface area (Å²) in [7, 11) is 4.57. The maximum Gasteiger partial charge on any atom is 0.268 e. The van der Waals surface area contributed by atoms with Crippen molar-refractivity contribution >= 4 is 38.4 Å². The molecule has 1 amide bonds. The molecule has 0 radical (unpaired) electrons. The Balaban J connectivity index is 1.45. The van der Waals surface area contributed by atoms with Gasteiger partial charge in [0.2, 0.25) is 0 Å². The van der Waals surface area contributed by atoms with Crippen LogP contribution in [0.25, 0.3) is 16.6 Å². The molecule has 0 aliphatic carbocycles. The molecule has 9 nitrogen and oxygen atoms in total. The van der Waals surface area contributed by atoms with E-state index in [2.05, 4.69) is 26.2 Å². The number of amides is 1. The molecule has 0 saturated carbocycles. The van der Waals surface area contributed by atoms with E-state index in [1.807, 2.05) is 0 Å². The second-order valence-electron chi connectivity index (χ2n) is 9.08. The molecule has 2 heterocycles. The number of anilines is 1. The molecule has 0 saturated heterocycles. The van der Waals surface area contributed by atoms with Crippen LogP contribution in [0.3, 0.4) is 0 Å². The maximum absolute atomic E-state index is 13.4. The minimum atomic E-state index is -0.619. The monoisotopic (exact) mass is 633 g/mol. The van der Waals surface area contributed by atoms with Gasteiger partial charge in [-0.1, -0.05) is 0 Å². The highest BCUT2D eigenvalue weighted by molar-refractivity contribution is 9.10. The quantitative estimate of drug-likeness (QED) is 0.204. The zero-order valence-electron chi connectivity index (χ0n) is 23.0. The Morgan fingerprint density at radius 1 is 0.881 bits per heavy atom. The highest BCUT2D eigenvalue weighted by atomic mass is 79.9. The van der Waals surface area contributed by atoms with Gasteiger partial charge in [0.25, 0.3) is 11.5 Å². The SMILES string of the molecule is COc1cc2nccc(Oc3ccc(NC(=O)c4c(C)c(Br)cn(-c5ccc(F)cc5)c4=O)cc3OC)c2cc1OC. The van der Waals surface area contributed by atoms with E-state index in [1.165, 1.54) is 35.9 Å². The van der Waals surface area contributed by atoms with Crippen molar-refractivity contribution in [1.82, 2.24) is 9.55 Å². The van der Waals surface area contributed by atoms with E-state index in [-0.39, 0.29) is 5.56 Å². The van der Waals surface area contributed by atoms with E-state index in [9.17, 15) is 14.0 Å². The summed E-state index contributed by atoms with van der Waals surface area (Å²) in [6.07, 6.45) is 3.16. The van der Waals surface area contributed by atoms with Crippen LogP contribution in [0.15, 0.2) is 82.3 Å². The van der Waals surface area contributed by atoms with Crippen molar-refractivity contribution in [2.45, 2.75) is 6.92 Å². The van der Waals surface area contributed by atoms with Crippen molar-refractivity contribution in [1.29, 1.82) is 0 Å². The summed E-state index contributed by atoms with van der Waals surface area (Å²) in [4.78, 5) is 31.1. The van der Waals surface area contributed by atoms with Gasteiger partial charge in [-0.05, 0) is 76.9 Å². The lowest BCUT2D eigenvalue weighted by Gasteiger charge is -2.16. The number of nitrogens with zero attached hydrogens (tertiary/aromatic N) is 2. The summed E-state index contributed by atoms with van der Waals surface area (Å²) in [5.74, 6) is 1.23. The fourth-order valence-electron chi connectivity index (χ4n) is 4.41. The lowest BCUT2D eigenvalue weighted by molar-refractivity contribution is 0.102. The third kappa shape index (κ3) is 5.51. The molecule has 5 rings (SSSR count). The molecule has 0 spiro atoms. The number of hydrogen-bond donors (Lipinski definition) is 1. The number of pyridine rings is 2. The predicted octanol–water partition coefficient (Wildman–Crippen LogP) is 6.67. The molecule has 11 heteroatoms. The van der Waals surface area contributed by atoms with Crippen LogP contribution in [0.1, 0.15) is 15.9 Å². The molecule has 2 aromatic heterocycles. The van der Waals surface area contributed by atoms with Crippen molar-refractivity contribution in [2.75, 3.05) is 26.6 Å². The lowest BCUT2D eigenvalue weighted by Crippen LogP contribution is -2.29. The minimum Gasteiger partial charge on any atom is -0.493 e. The average Bonchev–Trinajstić information content (AvgIpc) is 2.99. The van der Waals surface area contributed by atoms with Gasteiger partial charge in [0.05, 0.1) is 26.8 Å². The smallest absolute Gasteiger partial charge is 0.268 e. The topological polar surface area (TPSA) is 101 Å². The normalized spacial score (nSPS) is 10.8. The molecule has 0 bridgehead atoms. The van der Waals surface area contributed by atoms with Crippen LogP contribution in [-0.4, -0.2) is 36.8 Å². The van der Waals surface area contributed by atoms with Crippen LogP contribution in [0.4, 0.5) is 10.1 Å². The van der Waals surface area contributed by atoms with E-state index in [0.29, 0.717) is 61.1 Å². The second kappa shape index (κ2) is 11.9. The second-order valence-corrected chi connectivity index (χ2v) is 9.94. The molecular formula is C31H25BrFN3O6. The maximum atomic E-state index is 13.4. The van der Waals surface area contributed by atoms with E-state index < -0.39 is 17.3 Å². The van der Waals surface area contributed by atoms with Gasteiger partial charge in [-0.25, -0.2) is 4.39 Å². The highest BCUT2D eigenvalue weighted by Crippen LogP contribution is 2.39. The van der Waals surface area contributed by atoms with E-state index >= 15 is 0 Å². The largest absolute Gasteiger partial charge is 0.493 e. The van der Waals surface area contributed by atoms with Crippen molar-refractivity contribution in [3.8, 4) is 34.4 Å². The van der Waals surface area contributed by atoms with Gasteiger partial charge in [0.15, 0.2) is 23.0 Å². The van der Waals surface area contributed by atoms with E-state index in [0.717, 1.165) is 0 Å². The number of carbonyl (C=O) groups is 1. The molecule has 1 N–H and O–H groups in total. The van der Waals surface area contributed by atoms with Gasteiger partial charge in [0.1, 0.15) is 17.1 Å². The van der Waals surface area contributed by atoms with Crippen LogP contribution in [-0.2, 0) is 0 Å². The minimum absolute atomic E-state index is 0.0689. The number of carbonyl (C=O) groups excluding carboxylic acids is 1. The van der Waals surface area contributed by atoms with Crippen LogP contribution in [0, 0.1) is 12.7 Å². The number of nitrogens with one attached hydrogen (secondary N) is 1. The Bertz CT molecular complexity index is 1870. The number of aromatic nitrogens is 2. The first-order chi connectivity index (χ1) is 20.2. The fourth-order valence-corrected chi connectivity index (χ4v) is 4.81. The molecule has 214 valence electrons. The highest BCUT2D eigenvalue weighted by Gasteiger charge is 2.21.